The lowest BCUT2D eigenvalue weighted by Crippen LogP contribution is -2.30. The molecule has 3 aromatic rings. The number of carbonyl (C=O) groups excluding carboxylic acids is 1. The molecule has 0 aliphatic carbocycles. The van der Waals surface area contributed by atoms with Gasteiger partial charge in [0.25, 0.3) is 15.9 Å². The lowest BCUT2D eigenvalue weighted by atomic mass is 10.1. The molecule has 0 bridgehead atoms. The summed E-state index contributed by atoms with van der Waals surface area (Å²) in [5.41, 5.74) is 0.259. The van der Waals surface area contributed by atoms with Crippen LogP contribution in [0.15, 0.2) is 71.6 Å². The van der Waals surface area contributed by atoms with Crippen LogP contribution in [0.3, 0.4) is 0 Å². The van der Waals surface area contributed by atoms with Crippen LogP contribution in [0.5, 0.6) is 11.5 Å². The Labute approximate surface area is 208 Å². The summed E-state index contributed by atoms with van der Waals surface area (Å²) in [6.07, 6.45) is 0.867. The van der Waals surface area contributed by atoms with E-state index in [2.05, 4.69) is 10.0 Å². The van der Waals surface area contributed by atoms with Crippen molar-refractivity contribution in [2.24, 2.45) is 5.92 Å². The first kappa shape index (κ1) is 24.3. The van der Waals surface area contributed by atoms with E-state index in [1.165, 1.54) is 42.5 Å². The maximum absolute atomic E-state index is 13.0. The Balaban J connectivity index is 1.49. The quantitative estimate of drug-likeness (QED) is 0.417. The molecule has 3 aromatic carbocycles. The Morgan fingerprint density at radius 1 is 1.06 bits per heavy atom. The van der Waals surface area contributed by atoms with Gasteiger partial charge in [0.15, 0.2) is 0 Å². The van der Waals surface area contributed by atoms with Gasteiger partial charge in [0.1, 0.15) is 11.5 Å². The van der Waals surface area contributed by atoms with Crippen molar-refractivity contribution >= 4 is 44.8 Å². The van der Waals surface area contributed by atoms with E-state index in [1.54, 1.807) is 24.3 Å². The molecule has 0 radical (unpaired) electrons. The average Bonchev–Trinajstić information content (AvgIpc) is 3.34. The van der Waals surface area contributed by atoms with E-state index in [4.69, 9.17) is 32.7 Å². The molecule has 0 unspecified atom stereocenters. The number of amides is 1. The standard InChI is InChI=1S/C24H22Cl2N2O5S/c25-17-5-10-22(20(13-17)24(29)27-14-16-11-12-32-15-16)28-34(30,31)19-8-6-18(7-9-19)33-23-4-2-1-3-21(23)26/h1-10,13,16,28H,11-12,14-15H2,(H,27,29)/t16-/m1/s1. The van der Waals surface area contributed by atoms with E-state index < -0.39 is 15.9 Å². The number of ether oxygens (including phenoxy) is 2. The fourth-order valence-electron chi connectivity index (χ4n) is 3.41. The molecule has 2 N–H and O–H groups in total. The largest absolute Gasteiger partial charge is 0.456 e. The molecule has 178 valence electrons. The Hall–Kier alpha value is -2.78. The second-order valence-corrected chi connectivity index (χ2v) is 10.3. The van der Waals surface area contributed by atoms with E-state index in [0.717, 1.165) is 6.42 Å². The Morgan fingerprint density at radius 3 is 2.53 bits per heavy atom. The maximum Gasteiger partial charge on any atom is 0.261 e. The summed E-state index contributed by atoms with van der Waals surface area (Å²) >= 11 is 12.2. The molecule has 0 spiro atoms. The van der Waals surface area contributed by atoms with E-state index >= 15 is 0 Å². The number of hydrogen-bond donors (Lipinski definition) is 2. The molecule has 1 fully saturated rings. The van der Waals surface area contributed by atoms with Crippen LogP contribution in [0.2, 0.25) is 10.0 Å². The number of anilines is 1. The third-order valence-electron chi connectivity index (χ3n) is 5.24. The highest BCUT2D eigenvalue weighted by molar-refractivity contribution is 7.92. The predicted molar refractivity (Wildman–Crippen MR) is 131 cm³/mol. The number of nitrogens with one attached hydrogen (secondary N) is 2. The molecule has 1 aliphatic rings. The Bertz CT molecular complexity index is 1280. The van der Waals surface area contributed by atoms with Crippen molar-refractivity contribution in [2.75, 3.05) is 24.5 Å². The zero-order valence-corrected chi connectivity index (χ0v) is 20.3. The highest BCUT2D eigenvalue weighted by Gasteiger charge is 2.21. The summed E-state index contributed by atoms with van der Waals surface area (Å²) in [5.74, 6) is 0.693. The lowest BCUT2D eigenvalue weighted by molar-refractivity contribution is 0.0946. The van der Waals surface area contributed by atoms with E-state index in [-0.39, 0.29) is 22.1 Å². The smallest absolute Gasteiger partial charge is 0.261 e. The minimum Gasteiger partial charge on any atom is -0.456 e. The number of para-hydroxylation sites is 1. The zero-order valence-electron chi connectivity index (χ0n) is 18.0. The zero-order chi connectivity index (χ0) is 24.1. The maximum atomic E-state index is 13.0. The molecule has 0 aromatic heterocycles. The van der Waals surface area contributed by atoms with Gasteiger partial charge in [-0.05, 0) is 61.0 Å². The highest BCUT2D eigenvalue weighted by atomic mass is 35.5. The summed E-state index contributed by atoms with van der Waals surface area (Å²) in [7, 11) is -3.99. The Morgan fingerprint density at radius 2 is 1.82 bits per heavy atom. The fourth-order valence-corrected chi connectivity index (χ4v) is 4.84. The van der Waals surface area contributed by atoms with Crippen LogP contribution in [0.1, 0.15) is 16.8 Å². The van der Waals surface area contributed by atoms with Crippen molar-refractivity contribution in [2.45, 2.75) is 11.3 Å². The average molecular weight is 521 g/mol. The minimum atomic E-state index is -3.99. The van der Waals surface area contributed by atoms with Gasteiger partial charge in [0.05, 0.1) is 27.8 Å². The molecule has 7 nitrogen and oxygen atoms in total. The second-order valence-electron chi connectivity index (χ2n) is 7.74. The van der Waals surface area contributed by atoms with Gasteiger partial charge in [-0.25, -0.2) is 8.42 Å². The molecule has 1 atom stereocenters. The highest BCUT2D eigenvalue weighted by Crippen LogP contribution is 2.30. The van der Waals surface area contributed by atoms with Crippen LogP contribution < -0.4 is 14.8 Å². The first-order valence-electron chi connectivity index (χ1n) is 10.5. The minimum absolute atomic E-state index is 0.00317. The van der Waals surface area contributed by atoms with Gasteiger partial charge in [-0.1, -0.05) is 35.3 Å². The third-order valence-corrected chi connectivity index (χ3v) is 7.17. The fraction of sp³-hybridized carbons (Fsp3) is 0.208. The second kappa shape index (κ2) is 10.7. The van der Waals surface area contributed by atoms with Gasteiger partial charge in [-0.3, -0.25) is 9.52 Å². The summed E-state index contributed by atoms with van der Waals surface area (Å²) in [4.78, 5) is 12.8. The van der Waals surface area contributed by atoms with Gasteiger partial charge in [0.2, 0.25) is 0 Å². The number of carbonyl (C=O) groups is 1. The van der Waals surface area contributed by atoms with Crippen LogP contribution in [0.25, 0.3) is 0 Å². The third kappa shape index (κ3) is 6.01. The van der Waals surface area contributed by atoms with Crippen molar-refractivity contribution in [1.82, 2.24) is 5.32 Å². The molecule has 1 saturated heterocycles. The molecule has 10 heteroatoms. The number of sulfonamides is 1. The van der Waals surface area contributed by atoms with Gasteiger partial charge >= 0.3 is 0 Å². The number of hydrogen-bond acceptors (Lipinski definition) is 5. The topological polar surface area (TPSA) is 93.7 Å². The van der Waals surface area contributed by atoms with Crippen LogP contribution in [-0.4, -0.2) is 34.1 Å². The molecule has 1 amide bonds. The first-order chi connectivity index (χ1) is 16.3. The molecule has 4 rings (SSSR count). The first-order valence-corrected chi connectivity index (χ1v) is 12.8. The number of benzene rings is 3. The predicted octanol–water partition coefficient (Wildman–Crippen LogP) is 5.35. The van der Waals surface area contributed by atoms with Crippen molar-refractivity contribution in [3.05, 3.63) is 82.3 Å². The van der Waals surface area contributed by atoms with Crippen LogP contribution >= 0.6 is 23.2 Å². The van der Waals surface area contributed by atoms with Crippen LogP contribution in [0, 0.1) is 5.92 Å². The Kier molecular flexibility index (Phi) is 7.63. The molecular weight excluding hydrogens is 499 g/mol. The lowest BCUT2D eigenvalue weighted by Gasteiger charge is -2.15. The van der Waals surface area contributed by atoms with Crippen molar-refractivity contribution < 1.29 is 22.7 Å². The summed E-state index contributed by atoms with van der Waals surface area (Å²) in [6.45, 7) is 1.70. The molecule has 0 saturated carbocycles. The van der Waals surface area contributed by atoms with E-state index in [1.807, 2.05) is 0 Å². The van der Waals surface area contributed by atoms with E-state index in [0.29, 0.717) is 41.3 Å². The van der Waals surface area contributed by atoms with Crippen LogP contribution in [0.4, 0.5) is 5.69 Å². The molecule has 1 aliphatic heterocycles. The number of rotatable bonds is 8. The van der Waals surface area contributed by atoms with Gasteiger partial charge in [0, 0.05) is 24.1 Å². The summed E-state index contributed by atoms with van der Waals surface area (Å²) < 4.78 is 39.5. The SMILES string of the molecule is O=C(NC[C@H]1CCOC1)c1cc(Cl)ccc1NS(=O)(=O)c1ccc(Oc2ccccc2Cl)cc1. The normalized spacial score (nSPS) is 15.6. The van der Waals surface area contributed by atoms with Crippen LogP contribution in [-0.2, 0) is 14.8 Å². The van der Waals surface area contributed by atoms with Gasteiger partial charge in [-0.15, -0.1) is 0 Å². The van der Waals surface area contributed by atoms with Crippen molar-refractivity contribution in [3.63, 3.8) is 0 Å². The summed E-state index contributed by atoms with van der Waals surface area (Å²) in [6, 6.07) is 17.2. The van der Waals surface area contributed by atoms with Crippen molar-refractivity contribution in [3.8, 4) is 11.5 Å². The number of halogens is 2. The van der Waals surface area contributed by atoms with Gasteiger partial charge < -0.3 is 14.8 Å². The summed E-state index contributed by atoms with van der Waals surface area (Å²) in [5, 5.41) is 3.59. The van der Waals surface area contributed by atoms with Crippen molar-refractivity contribution in [1.29, 1.82) is 0 Å². The van der Waals surface area contributed by atoms with E-state index in [9.17, 15) is 13.2 Å². The molecular formula is C24H22Cl2N2O5S. The molecule has 1 heterocycles. The monoisotopic (exact) mass is 520 g/mol. The van der Waals surface area contributed by atoms with Gasteiger partial charge in [-0.2, -0.15) is 0 Å². The molecule has 34 heavy (non-hydrogen) atoms.